The van der Waals surface area contributed by atoms with Crippen LogP contribution in [0.2, 0.25) is 0 Å². The van der Waals surface area contributed by atoms with Crippen LogP contribution in [0.1, 0.15) is 24.1 Å². The molecule has 0 amide bonds. The molecule has 0 saturated heterocycles. The zero-order valence-electron chi connectivity index (χ0n) is 11.7. The van der Waals surface area contributed by atoms with Crippen molar-refractivity contribution in [2.45, 2.75) is 19.6 Å². The molecule has 2 aromatic carbocycles. The van der Waals surface area contributed by atoms with Crippen LogP contribution in [0.3, 0.4) is 0 Å². The minimum atomic E-state index is -0.315. The summed E-state index contributed by atoms with van der Waals surface area (Å²) in [5.74, 6) is 0.199. The van der Waals surface area contributed by atoms with Gasteiger partial charge in [0.2, 0.25) is 0 Å². The molecule has 0 unspecified atom stereocenters. The molecule has 0 aliphatic heterocycles. The van der Waals surface area contributed by atoms with Crippen LogP contribution in [0.5, 0.6) is 5.75 Å². The average Bonchev–Trinajstić information content (AvgIpc) is 2.88. The van der Waals surface area contributed by atoms with Crippen molar-refractivity contribution < 1.29 is 9.13 Å². The first kappa shape index (κ1) is 14.0. The number of benzene rings is 2. The quantitative estimate of drug-likeness (QED) is 0.762. The van der Waals surface area contributed by atoms with E-state index >= 15 is 0 Å². The van der Waals surface area contributed by atoms with E-state index in [0.29, 0.717) is 12.4 Å². The second-order valence-corrected chi connectivity index (χ2v) is 5.93. The second kappa shape index (κ2) is 5.84. The van der Waals surface area contributed by atoms with Crippen molar-refractivity contribution in [1.82, 2.24) is 0 Å². The third kappa shape index (κ3) is 2.91. The summed E-state index contributed by atoms with van der Waals surface area (Å²) in [6.45, 7) is 2.27. The minimum absolute atomic E-state index is 0.195. The van der Waals surface area contributed by atoms with E-state index in [1.165, 1.54) is 22.2 Å². The number of hydrogen-bond acceptors (Lipinski definition) is 3. The van der Waals surface area contributed by atoms with Gasteiger partial charge in [0, 0.05) is 27.9 Å². The van der Waals surface area contributed by atoms with Gasteiger partial charge in [-0.05, 0) is 29.8 Å². The number of rotatable bonds is 4. The van der Waals surface area contributed by atoms with Crippen molar-refractivity contribution in [1.29, 1.82) is 0 Å². The van der Waals surface area contributed by atoms with Gasteiger partial charge in [-0.25, -0.2) is 4.39 Å². The maximum absolute atomic E-state index is 13.4. The van der Waals surface area contributed by atoms with Gasteiger partial charge in [0.1, 0.15) is 18.2 Å². The third-order valence-corrected chi connectivity index (χ3v) is 4.42. The van der Waals surface area contributed by atoms with Gasteiger partial charge in [0.25, 0.3) is 0 Å². The van der Waals surface area contributed by atoms with Crippen LogP contribution in [0.4, 0.5) is 4.39 Å². The molecule has 0 aliphatic rings. The highest BCUT2D eigenvalue weighted by molar-refractivity contribution is 7.17. The molecule has 0 bridgehead atoms. The highest BCUT2D eigenvalue weighted by Crippen LogP contribution is 2.29. The summed E-state index contributed by atoms with van der Waals surface area (Å²) in [4.78, 5) is 0. The lowest BCUT2D eigenvalue weighted by molar-refractivity contribution is 0.301. The van der Waals surface area contributed by atoms with Crippen LogP contribution >= 0.6 is 11.3 Å². The monoisotopic (exact) mass is 301 g/mol. The summed E-state index contributed by atoms with van der Waals surface area (Å²) in [6.07, 6.45) is 0. The smallest absolute Gasteiger partial charge is 0.127 e. The number of thiophene rings is 1. The number of nitrogens with two attached hydrogens (primary N) is 1. The molecule has 1 aromatic heterocycles. The van der Waals surface area contributed by atoms with E-state index in [9.17, 15) is 4.39 Å². The molecule has 108 valence electrons. The summed E-state index contributed by atoms with van der Waals surface area (Å²) in [5.41, 5.74) is 7.83. The molecule has 0 aliphatic carbocycles. The predicted octanol–water partition coefficient (Wildman–Crippen LogP) is 4.64. The average molecular weight is 301 g/mol. The molecule has 3 rings (SSSR count). The third-order valence-electron chi connectivity index (χ3n) is 3.41. The van der Waals surface area contributed by atoms with Gasteiger partial charge in [-0.2, -0.15) is 0 Å². The van der Waals surface area contributed by atoms with Gasteiger partial charge in [-0.3, -0.25) is 0 Å². The summed E-state index contributed by atoms with van der Waals surface area (Å²) in [7, 11) is 0. The zero-order valence-corrected chi connectivity index (χ0v) is 12.5. The Balaban J connectivity index is 1.86. The second-order valence-electron chi connectivity index (χ2n) is 5.02. The molecule has 21 heavy (non-hydrogen) atoms. The van der Waals surface area contributed by atoms with Gasteiger partial charge in [0.15, 0.2) is 0 Å². The number of ether oxygens (including phenoxy) is 1. The lowest BCUT2D eigenvalue weighted by atomic mass is 10.1. The van der Waals surface area contributed by atoms with Gasteiger partial charge >= 0.3 is 0 Å². The summed E-state index contributed by atoms with van der Waals surface area (Å²) in [6, 6.07) is 12.5. The molecule has 4 heteroatoms. The first-order chi connectivity index (χ1) is 10.1. The van der Waals surface area contributed by atoms with E-state index in [1.54, 1.807) is 17.4 Å². The first-order valence-corrected chi connectivity index (χ1v) is 7.66. The normalized spacial score (nSPS) is 12.5. The molecule has 1 atom stereocenters. The summed E-state index contributed by atoms with van der Waals surface area (Å²) in [5, 5.41) is 3.26. The van der Waals surface area contributed by atoms with Crippen molar-refractivity contribution in [3.8, 4) is 5.75 Å². The Morgan fingerprint density at radius 1 is 1.24 bits per heavy atom. The van der Waals surface area contributed by atoms with E-state index in [-0.39, 0.29) is 11.9 Å². The lowest BCUT2D eigenvalue weighted by Gasteiger charge is -2.14. The Hall–Kier alpha value is -1.91. The van der Waals surface area contributed by atoms with E-state index in [2.05, 4.69) is 17.5 Å². The van der Waals surface area contributed by atoms with Crippen LogP contribution in [0.25, 0.3) is 10.1 Å². The molecule has 2 nitrogen and oxygen atoms in total. The fourth-order valence-corrected chi connectivity index (χ4v) is 3.26. The van der Waals surface area contributed by atoms with Gasteiger partial charge < -0.3 is 10.5 Å². The number of hydrogen-bond donors (Lipinski definition) is 1. The van der Waals surface area contributed by atoms with Crippen molar-refractivity contribution in [2.24, 2.45) is 5.73 Å². The molecule has 1 heterocycles. The van der Waals surface area contributed by atoms with Crippen LogP contribution < -0.4 is 10.5 Å². The van der Waals surface area contributed by atoms with Crippen molar-refractivity contribution in [3.05, 3.63) is 64.8 Å². The number of fused-ring (bicyclic) bond motifs is 1. The van der Waals surface area contributed by atoms with Crippen molar-refractivity contribution >= 4 is 21.4 Å². The van der Waals surface area contributed by atoms with E-state index in [1.807, 2.05) is 19.1 Å². The summed E-state index contributed by atoms with van der Waals surface area (Å²) < 4.78 is 20.5. The van der Waals surface area contributed by atoms with E-state index in [0.717, 1.165) is 11.1 Å². The van der Waals surface area contributed by atoms with Gasteiger partial charge in [-0.15, -0.1) is 11.3 Å². The Kier molecular flexibility index (Phi) is 3.90. The topological polar surface area (TPSA) is 35.2 Å². The maximum atomic E-state index is 13.4. The number of halogens is 1. The lowest BCUT2D eigenvalue weighted by Crippen LogP contribution is -2.08. The molecule has 0 radical (unpaired) electrons. The van der Waals surface area contributed by atoms with Crippen molar-refractivity contribution in [2.75, 3.05) is 0 Å². The van der Waals surface area contributed by atoms with Crippen LogP contribution in [0.15, 0.2) is 47.8 Å². The molecular formula is C17H16FNOS. The van der Waals surface area contributed by atoms with Gasteiger partial charge in [-0.1, -0.05) is 24.3 Å². The van der Waals surface area contributed by atoms with Crippen LogP contribution in [-0.4, -0.2) is 0 Å². The molecule has 0 fully saturated rings. The molecule has 0 saturated carbocycles. The van der Waals surface area contributed by atoms with E-state index in [4.69, 9.17) is 10.5 Å². The van der Waals surface area contributed by atoms with Crippen molar-refractivity contribution in [3.63, 3.8) is 0 Å². The summed E-state index contributed by atoms with van der Waals surface area (Å²) >= 11 is 1.68. The Labute approximate surface area is 127 Å². The molecule has 3 aromatic rings. The van der Waals surface area contributed by atoms with Crippen LogP contribution in [-0.2, 0) is 6.61 Å². The minimum Gasteiger partial charge on any atom is -0.488 e. The molecule has 0 spiro atoms. The Bertz CT molecular complexity index is 766. The Morgan fingerprint density at radius 2 is 2.05 bits per heavy atom. The maximum Gasteiger partial charge on any atom is 0.127 e. The molecule has 2 N–H and O–H groups in total. The fourth-order valence-electron chi connectivity index (χ4n) is 2.31. The van der Waals surface area contributed by atoms with Gasteiger partial charge in [0.05, 0.1) is 0 Å². The van der Waals surface area contributed by atoms with E-state index < -0.39 is 0 Å². The largest absolute Gasteiger partial charge is 0.488 e. The molecular weight excluding hydrogens is 285 g/mol. The fraction of sp³-hybridized carbons (Fsp3) is 0.176. The standard InChI is InChI=1S/C17H16FNOS/c1-11(19)14-7-6-13(18)8-16(14)20-9-12-10-21-17-5-3-2-4-15(12)17/h2-8,10-11H,9,19H2,1H3/t11-/m1/s1. The first-order valence-electron chi connectivity index (χ1n) is 6.78. The van der Waals surface area contributed by atoms with Crippen LogP contribution in [0, 0.1) is 5.82 Å². The highest BCUT2D eigenvalue weighted by atomic mass is 32.1. The SMILES string of the molecule is C[C@@H](N)c1ccc(F)cc1OCc1csc2ccccc12. The highest BCUT2D eigenvalue weighted by Gasteiger charge is 2.11. The Morgan fingerprint density at radius 3 is 2.86 bits per heavy atom. The predicted molar refractivity (Wildman–Crippen MR) is 85.2 cm³/mol. The zero-order chi connectivity index (χ0) is 14.8.